The summed E-state index contributed by atoms with van der Waals surface area (Å²) in [5, 5.41) is 10.7. The molecule has 6 heteroatoms. The van der Waals surface area contributed by atoms with Crippen molar-refractivity contribution in [3.63, 3.8) is 0 Å². The average molecular weight is 307 g/mol. The van der Waals surface area contributed by atoms with E-state index in [0.29, 0.717) is 11.1 Å². The second-order valence-corrected chi connectivity index (χ2v) is 5.79. The van der Waals surface area contributed by atoms with Gasteiger partial charge < -0.3 is 4.90 Å². The van der Waals surface area contributed by atoms with Gasteiger partial charge in [0, 0.05) is 18.3 Å². The number of fused-ring (bicyclic) bond motifs is 1. The van der Waals surface area contributed by atoms with Crippen LogP contribution in [0, 0.1) is 0 Å². The third-order valence-corrected chi connectivity index (χ3v) is 4.36. The van der Waals surface area contributed by atoms with Crippen molar-refractivity contribution in [3.05, 3.63) is 53.9 Å². The Bertz CT molecular complexity index is 829. The number of hydrogen-bond acceptors (Lipinski definition) is 4. The van der Waals surface area contributed by atoms with E-state index in [1.807, 2.05) is 35.2 Å². The smallest absolute Gasteiger partial charge is 0.254 e. The minimum atomic E-state index is 0.0326. The molecule has 0 radical (unpaired) electrons. The van der Waals surface area contributed by atoms with Crippen molar-refractivity contribution in [3.8, 4) is 0 Å². The molecule has 0 saturated carbocycles. The number of aromatic amines is 1. The van der Waals surface area contributed by atoms with Gasteiger partial charge in [0.05, 0.1) is 11.7 Å². The van der Waals surface area contributed by atoms with Gasteiger partial charge in [0.25, 0.3) is 5.91 Å². The largest absolute Gasteiger partial charge is 0.330 e. The summed E-state index contributed by atoms with van der Waals surface area (Å²) < 4.78 is 0. The maximum absolute atomic E-state index is 13.0. The fourth-order valence-electron chi connectivity index (χ4n) is 3.19. The highest BCUT2D eigenvalue weighted by molar-refractivity contribution is 5.97. The molecule has 116 valence electrons. The molecule has 1 aliphatic heterocycles. The Morgan fingerprint density at radius 3 is 2.91 bits per heavy atom. The van der Waals surface area contributed by atoms with Crippen molar-refractivity contribution in [2.45, 2.75) is 25.3 Å². The zero-order valence-corrected chi connectivity index (χ0v) is 12.6. The van der Waals surface area contributed by atoms with Gasteiger partial charge >= 0.3 is 0 Å². The molecule has 3 heterocycles. The van der Waals surface area contributed by atoms with E-state index >= 15 is 0 Å². The number of piperidine rings is 1. The number of likely N-dealkylation sites (tertiary alicyclic amines) is 1. The van der Waals surface area contributed by atoms with Gasteiger partial charge in [-0.1, -0.05) is 6.07 Å². The first-order valence-corrected chi connectivity index (χ1v) is 7.85. The van der Waals surface area contributed by atoms with Crippen LogP contribution in [0.1, 0.15) is 41.4 Å². The van der Waals surface area contributed by atoms with Crippen LogP contribution in [-0.2, 0) is 0 Å². The zero-order valence-electron chi connectivity index (χ0n) is 12.6. The lowest BCUT2D eigenvalue weighted by Gasteiger charge is -2.35. The molecule has 2 aromatic heterocycles. The molecule has 1 fully saturated rings. The van der Waals surface area contributed by atoms with Crippen LogP contribution in [0.25, 0.3) is 11.0 Å². The first-order valence-electron chi connectivity index (χ1n) is 7.85. The molecular weight excluding hydrogens is 290 g/mol. The Balaban J connectivity index is 1.67. The number of carbonyl (C=O) groups is 1. The summed E-state index contributed by atoms with van der Waals surface area (Å²) in [7, 11) is 0. The molecule has 23 heavy (non-hydrogen) atoms. The van der Waals surface area contributed by atoms with E-state index in [0.717, 1.165) is 37.0 Å². The number of nitrogens with one attached hydrogen (secondary N) is 1. The van der Waals surface area contributed by atoms with Crippen LogP contribution in [0.2, 0.25) is 0 Å². The molecule has 0 aliphatic carbocycles. The molecule has 1 aliphatic rings. The molecule has 6 nitrogen and oxygen atoms in total. The lowest BCUT2D eigenvalue weighted by molar-refractivity contribution is 0.0606. The van der Waals surface area contributed by atoms with Gasteiger partial charge in [-0.3, -0.25) is 9.78 Å². The molecule has 3 aromatic rings. The predicted octanol–water partition coefficient (Wildman–Crippen LogP) is 2.72. The predicted molar refractivity (Wildman–Crippen MR) is 85.8 cm³/mol. The summed E-state index contributed by atoms with van der Waals surface area (Å²) in [6.45, 7) is 0.761. The standard InChI is InChI=1S/C17H17N5O/c23-17(12-7-8-13-15(11-12)20-21-19-13)22-10-4-2-6-16(22)14-5-1-3-9-18-14/h1,3,5,7-9,11,16H,2,4,6,10H2,(H,19,20,21)/t16-/m1/s1. The van der Waals surface area contributed by atoms with Crippen molar-refractivity contribution >= 4 is 16.9 Å². The second kappa shape index (κ2) is 5.79. The van der Waals surface area contributed by atoms with Gasteiger partial charge in [-0.15, -0.1) is 0 Å². The molecule has 0 bridgehead atoms. The molecule has 1 aromatic carbocycles. The minimum absolute atomic E-state index is 0.0326. The van der Waals surface area contributed by atoms with E-state index in [4.69, 9.17) is 0 Å². The Hall–Kier alpha value is -2.76. The highest BCUT2D eigenvalue weighted by Gasteiger charge is 2.29. The molecule has 1 amide bonds. The number of pyridine rings is 1. The quantitative estimate of drug-likeness (QED) is 0.790. The molecule has 1 N–H and O–H groups in total. The lowest BCUT2D eigenvalue weighted by atomic mass is 9.97. The summed E-state index contributed by atoms with van der Waals surface area (Å²) in [5.41, 5.74) is 3.08. The number of aromatic nitrogens is 4. The zero-order chi connectivity index (χ0) is 15.6. The van der Waals surface area contributed by atoms with Crippen molar-refractivity contribution in [1.82, 2.24) is 25.3 Å². The van der Waals surface area contributed by atoms with E-state index in [9.17, 15) is 4.79 Å². The van der Waals surface area contributed by atoms with Gasteiger partial charge in [0.15, 0.2) is 0 Å². The van der Waals surface area contributed by atoms with Gasteiger partial charge in [-0.25, -0.2) is 0 Å². The summed E-state index contributed by atoms with van der Waals surface area (Å²) in [4.78, 5) is 19.4. The number of carbonyl (C=O) groups excluding carboxylic acids is 1. The SMILES string of the molecule is O=C(c1ccc2n[nH]nc2c1)N1CCCC[C@@H]1c1ccccn1. The van der Waals surface area contributed by atoms with Gasteiger partial charge in [0.2, 0.25) is 0 Å². The van der Waals surface area contributed by atoms with Crippen LogP contribution in [0.3, 0.4) is 0 Å². The molecule has 0 unspecified atom stereocenters. The highest BCUT2D eigenvalue weighted by Crippen LogP contribution is 2.31. The normalized spacial score (nSPS) is 18.3. The fourth-order valence-corrected chi connectivity index (χ4v) is 3.19. The molecule has 1 saturated heterocycles. The van der Waals surface area contributed by atoms with E-state index in [1.165, 1.54) is 0 Å². The third kappa shape index (κ3) is 2.56. The summed E-state index contributed by atoms with van der Waals surface area (Å²) >= 11 is 0. The van der Waals surface area contributed by atoms with Crippen molar-refractivity contribution in [1.29, 1.82) is 0 Å². The van der Waals surface area contributed by atoms with Gasteiger partial charge in [-0.2, -0.15) is 15.4 Å². The van der Waals surface area contributed by atoms with E-state index in [2.05, 4.69) is 20.4 Å². The summed E-state index contributed by atoms with van der Waals surface area (Å²) in [5.74, 6) is 0.0326. The average Bonchev–Trinajstić information content (AvgIpc) is 3.09. The first-order chi connectivity index (χ1) is 11.3. The molecule has 0 spiro atoms. The Morgan fingerprint density at radius 1 is 1.13 bits per heavy atom. The van der Waals surface area contributed by atoms with Crippen molar-refractivity contribution in [2.24, 2.45) is 0 Å². The van der Waals surface area contributed by atoms with Crippen LogP contribution in [0.4, 0.5) is 0 Å². The van der Waals surface area contributed by atoms with Crippen LogP contribution in [0.5, 0.6) is 0 Å². The number of hydrogen-bond donors (Lipinski definition) is 1. The molecule has 4 rings (SSSR count). The minimum Gasteiger partial charge on any atom is -0.330 e. The van der Waals surface area contributed by atoms with Crippen LogP contribution in [0.15, 0.2) is 42.6 Å². The topological polar surface area (TPSA) is 74.8 Å². The number of nitrogens with zero attached hydrogens (tertiary/aromatic N) is 4. The van der Waals surface area contributed by atoms with E-state index in [1.54, 1.807) is 12.3 Å². The lowest BCUT2D eigenvalue weighted by Crippen LogP contribution is -2.38. The molecular formula is C17H17N5O. The Kier molecular flexibility index (Phi) is 3.49. The number of amides is 1. The van der Waals surface area contributed by atoms with Gasteiger partial charge in [-0.05, 0) is 49.6 Å². The van der Waals surface area contributed by atoms with Gasteiger partial charge in [0.1, 0.15) is 11.0 Å². The highest BCUT2D eigenvalue weighted by atomic mass is 16.2. The Morgan fingerprint density at radius 2 is 2.04 bits per heavy atom. The first kappa shape index (κ1) is 13.9. The van der Waals surface area contributed by atoms with Crippen molar-refractivity contribution < 1.29 is 4.79 Å². The number of benzene rings is 1. The number of H-pyrrole nitrogens is 1. The van der Waals surface area contributed by atoms with Crippen LogP contribution >= 0.6 is 0 Å². The van der Waals surface area contributed by atoms with Crippen LogP contribution in [-0.4, -0.2) is 37.7 Å². The fraction of sp³-hybridized carbons (Fsp3) is 0.294. The van der Waals surface area contributed by atoms with E-state index < -0.39 is 0 Å². The van der Waals surface area contributed by atoms with E-state index in [-0.39, 0.29) is 11.9 Å². The monoisotopic (exact) mass is 307 g/mol. The third-order valence-electron chi connectivity index (χ3n) is 4.36. The summed E-state index contributed by atoms with van der Waals surface area (Å²) in [6.07, 6.45) is 4.89. The second-order valence-electron chi connectivity index (χ2n) is 5.79. The Labute approximate surface area is 133 Å². The maximum Gasteiger partial charge on any atom is 0.254 e. The maximum atomic E-state index is 13.0. The van der Waals surface area contributed by atoms with Crippen LogP contribution < -0.4 is 0 Å². The van der Waals surface area contributed by atoms with Crippen molar-refractivity contribution in [2.75, 3.05) is 6.54 Å². The molecule has 1 atom stereocenters. The summed E-state index contributed by atoms with van der Waals surface area (Å²) in [6, 6.07) is 11.4. The number of rotatable bonds is 2.